The van der Waals surface area contributed by atoms with Crippen LogP contribution in [0.3, 0.4) is 0 Å². The molecule has 4 nitrogen and oxygen atoms in total. The summed E-state index contributed by atoms with van der Waals surface area (Å²) in [6, 6.07) is 0. The fourth-order valence-electron chi connectivity index (χ4n) is 2.63. The number of esters is 1. The summed E-state index contributed by atoms with van der Waals surface area (Å²) in [6.07, 6.45) is 5.79. The van der Waals surface area contributed by atoms with Crippen molar-refractivity contribution in [2.45, 2.75) is 71.4 Å². The maximum atomic E-state index is 12.0. The molecule has 20 heavy (non-hydrogen) atoms. The van der Waals surface area contributed by atoms with Crippen molar-refractivity contribution in [1.29, 1.82) is 0 Å². The monoisotopic (exact) mass is 285 g/mol. The molecule has 4 heteroatoms. The highest BCUT2D eigenvalue weighted by atomic mass is 16.5. The van der Waals surface area contributed by atoms with Crippen LogP contribution in [0, 0.1) is 5.41 Å². The van der Waals surface area contributed by atoms with E-state index in [4.69, 9.17) is 9.47 Å². The van der Waals surface area contributed by atoms with Gasteiger partial charge in [-0.15, -0.1) is 0 Å². The topological polar surface area (TPSA) is 47.6 Å². The van der Waals surface area contributed by atoms with Crippen molar-refractivity contribution < 1.29 is 14.3 Å². The third-order valence-electron chi connectivity index (χ3n) is 4.29. The molecule has 1 aliphatic rings. The van der Waals surface area contributed by atoms with Crippen molar-refractivity contribution >= 4 is 5.97 Å². The Balaban J connectivity index is 2.48. The summed E-state index contributed by atoms with van der Waals surface area (Å²) < 4.78 is 10.9. The van der Waals surface area contributed by atoms with Crippen molar-refractivity contribution in [2.75, 3.05) is 20.3 Å². The minimum Gasteiger partial charge on any atom is -0.468 e. The van der Waals surface area contributed by atoms with E-state index in [2.05, 4.69) is 26.1 Å². The van der Waals surface area contributed by atoms with Crippen molar-refractivity contribution in [3.63, 3.8) is 0 Å². The number of carbonyl (C=O) groups excluding carboxylic acids is 1. The van der Waals surface area contributed by atoms with Gasteiger partial charge in [0, 0.05) is 0 Å². The summed E-state index contributed by atoms with van der Waals surface area (Å²) in [7, 11) is 1.43. The molecule has 0 aromatic heterocycles. The molecule has 0 spiro atoms. The van der Waals surface area contributed by atoms with Crippen molar-refractivity contribution in [3.8, 4) is 0 Å². The molecule has 1 fully saturated rings. The molecule has 1 atom stereocenters. The van der Waals surface area contributed by atoms with Crippen molar-refractivity contribution in [3.05, 3.63) is 0 Å². The Labute approximate surface area is 123 Å². The SMILES string of the molecule is CCCNC(C)(COC1CCC(C)(C)CC1)C(=O)OC. The molecule has 0 saturated heterocycles. The highest BCUT2D eigenvalue weighted by Crippen LogP contribution is 2.36. The Morgan fingerprint density at radius 2 is 1.95 bits per heavy atom. The average molecular weight is 285 g/mol. The molecule has 1 aliphatic carbocycles. The smallest absolute Gasteiger partial charge is 0.328 e. The summed E-state index contributed by atoms with van der Waals surface area (Å²) in [4.78, 5) is 12.0. The highest BCUT2D eigenvalue weighted by molar-refractivity contribution is 5.80. The van der Waals surface area contributed by atoms with Crippen LogP contribution >= 0.6 is 0 Å². The summed E-state index contributed by atoms with van der Waals surface area (Å²) in [5.74, 6) is -0.248. The molecule has 1 saturated carbocycles. The van der Waals surface area contributed by atoms with Crippen LogP contribution in [0.2, 0.25) is 0 Å². The largest absolute Gasteiger partial charge is 0.468 e. The molecule has 0 heterocycles. The van der Waals surface area contributed by atoms with Gasteiger partial charge in [0.15, 0.2) is 0 Å². The Bertz CT molecular complexity index is 307. The van der Waals surface area contributed by atoms with Gasteiger partial charge in [-0.25, -0.2) is 4.79 Å². The second kappa shape index (κ2) is 7.41. The van der Waals surface area contributed by atoms with Gasteiger partial charge in [-0.3, -0.25) is 0 Å². The van der Waals surface area contributed by atoms with Gasteiger partial charge < -0.3 is 14.8 Å². The van der Waals surface area contributed by atoms with E-state index in [9.17, 15) is 4.79 Å². The van der Waals surface area contributed by atoms with Crippen LogP contribution in [0.4, 0.5) is 0 Å². The van der Waals surface area contributed by atoms with Gasteiger partial charge in [-0.05, 0) is 51.0 Å². The first-order chi connectivity index (χ1) is 9.33. The van der Waals surface area contributed by atoms with Gasteiger partial charge in [0.1, 0.15) is 5.54 Å². The van der Waals surface area contributed by atoms with Gasteiger partial charge in [0.05, 0.1) is 19.8 Å². The third-order valence-corrected chi connectivity index (χ3v) is 4.29. The van der Waals surface area contributed by atoms with E-state index in [-0.39, 0.29) is 12.1 Å². The van der Waals surface area contributed by atoms with Gasteiger partial charge in [-0.2, -0.15) is 0 Å². The van der Waals surface area contributed by atoms with E-state index in [1.165, 1.54) is 20.0 Å². The lowest BCUT2D eigenvalue weighted by Gasteiger charge is -2.36. The average Bonchev–Trinajstić information content (AvgIpc) is 2.43. The van der Waals surface area contributed by atoms with Crippen LogP contribution in [-0.2, 0) is 14.3 Å². The van der Waals surface area contributed by atoms with Crippen molar-refractivity contribution in [1.82, 2.24) is 5.32 Å². The molecule has 118 valence electrons. The van der Waals surface area contributed by atoms with Crippen LogP contribution < -0.4 is 5.32 Å². The molecule has 1 rings (SSSR count). The van der Waals surface area contributed by atoms with E-state index in [1.807, 2.05) is 6.92 Å². The second-order valence-electron chi connectivity index (χ2n) is 6.93. The number of hydrogen-bond donors (Lipinski definition) is 1. The normalized spacial score (nSPS) is 22.2. The van der Waals surface area contributed by atoms with Crippen LogP contribution in [0.15, 0.2) is 0 Å². The highest BCUT2D eigenvalue weighted by Gasteiger charge is 2.36. The number of methoxy groups -OCH3 is 1. The Kier molecular flexibility index (Phi) is 6.46. The van der Waals surface area contributed by atoms with Gasteiger partial charge >= 0.3 is 5.97 Å². The molecule has 1 N–H and O–H groups in total. The van der Waals surface area contributed by atoms with Crippen LogP contribution in [-0.4, -0.2) is 37.9 Å². The Hall–Kier alpha value is -0.610. The predicted octanol–water partition coefficient (Wildman–Crippen LogP) is 2.90. The number of rotatable bonds is 7. The molecule has 0 amide bonds. The predicted molar refractivity (Wildman–Crippen MR) is 80.7 cm³/mol. The lowest BCUT2D eigenvalue weighted by Crippen LogP contribution is -2.54. The molecular formula is C16H31NO3. The minimum absolute atomic E-state index is 0.248. The summed E-state index contributed by atoms with van der Waals surface area (Å²) >= 11 is 0. The zero-order valence-electron chi connectivity index (χ0n) is 13.8. The fraction of sp³-hybridized carbons (Fsp3) is 0.938. The second-order valence-corrected chi connectivity index (χ2v) is 6.93. The molecular weight excluding hydrogens is 254 g/mol. The van der Waals surface area contributed by atoms with Crippen LogP contribution in [0.1, 0.15) is 59.8 Å². The van der Waals surface area contributed by atoms with E-state index in [0.717, 1.165) is 25.8 Å². The van der Waals surface area contributed by atoms with Crippen molar-refractivity contribution in [2.24, 2.45) is 5.41 Å². The number of carbonyl (C=O) groups is 1. The zero-order valence-corrected chi connectivity index (χ0v) is 13.8. The van der Waals surface area contributed by atoms with Gasteiger partial charge in [0.25, 0.3) is 0 Å². The van der Waals surface area contributed by atoms with Gasteiger partial charge in [-0.1, -0.05) is 20.8 Å². The lowest BCUT2D eigenvalue weighted by molar-refractivity contribution is -0.152. The molecule has 0 bridgehead atoms. The first-order valence-corrected chi connectivity index (χ1v) is 7.78. The van der Waals surface area contributed by atoms with E-state index < -0.39 is 5.54 Å². The molecule has 0 radical (unpaired) electrons. The number of nitrogens with one attached hydrogen (secondary N) is 1. The third kappa shape index (κ3) is 5.06. The molecule has 1 unspecified atom stereocenters. The van der Waals surface area contributed by atoms with E-state index in [0.29, 0.717) is 12.0 Å². The lowest BCUT2D eigenvalue weighted by atomic mass is 9.76. The minimum atomic E-state index is -0.738. The first kappa shape index (κ1) is 17.4. The maximum Gasteiger partial charge on any atom is 0.328 e. The van der Waals surface area contributed by atoms with E-state index in [1.54, 1.807) is 0 Å². The zero-order chi connectivity index (χ0) is 15.2. The van der Waals surface area contributed by atoms with Crippen LogP contribution in [0.25, 0.3) is 0 Å². The molecule has 0 aromatic carbocycles. The standard InChI is InChI=1S/C16H31NO3/c1-6-11-17-16(4,14(18)19-5)12-20-13-7-9-15(2,3)10-8-13/h13,17H,6-12H2,1-5H3. The number of ether oxygens (including phenoxy) is 2. The van der Waals surface area contributed by atoms with Gasteiger partial charge in [0.2, 0.25) is 0 Å². The summed E-state index contributed by atoms with van der Waals surface area (Å²) in [6.45, 7) is 9.72. The summed E-state index contributed by atoms with van der Waals surface area (Å²) in [5, 5.41) is 3.25. The first-order valence-electron chi connectivity index (χ1n) is 7.78. The quantitative estimate of drug-likeness (QED) is 0.731. The Morgan fingerprint density at radius 1 is 1.35 bits per heavy atom. The maximum absolute atomic E-state index is 12.0. The van der Waals surface area contributed by atoms with Crippen LogP contribution in [0.5, 0.6) is 0 Å². The number of hydrogen-bond acceptors (Lipinski definition) is 4. The molecule has 0 aliphatic heterocycles. The molecule has 0 aromatic rings. The summed E-state index contributed by atoms with van der Waals surface area (Å²) in [5.41, 5.74) is -0.302. The Morgan fingerprint density at radius 3 is 2.45 bits per heavy atom. The van der Waals surface area contributed by atoms with E-state index >= 15 is 0 Å². The fourth-order valence-corrected chi connectivity index (χ4v) is 2.63.